The van der Waals surface area contributed by atoms with Crippen LogP contribution in [0, 0.1) is 0 Å². The zero-order chi connectivity index (χ0) is 29.9. The van der Waals surface area contributed by atoms with Crippen LogP contribution in [0.2, 0.25) is 0 Å². The van der Waals surface area contributed by atoms with Crippen LogP contribution in [0.4, 0.5) is 0 Å². The zero-order valence-electron chi connectivity index (χ0n) is 24.1. The average Bonchev–Trinajstić information content (AvgIpc) is 3.33. The first kappa shape index (κ1) is 28.7. The third-order valence-electron chi connectivity index (χ3n) is 7.38. The molecular weight excluding hydrogens is 577 g/mol. The first-order chi connectivity index (χ1) is 21.0. The summed E-state index contributed by atoms with van der Waals surface area (Å²) in [5.74, 6) is 0.245. The third-order valence-corrected chi connectivity index (χ3v) is 9.11. The van der Waals surface area contributed by atoms with E-state index in [1.807, 2.05) is 79.1 Å². The number of thioether (sulfide) groups is 1. The van der Waals surface area contributed by atoms with Gasteiger partial charge in [-0.3, -0.25) is 9.36 Å². The van der Waals surface area contributed by atoms with Gasteiger partial charge in [0, 0.05) is 4.90 Å². The first-order valence-corrected chi connectivity index (χ1v) is 16.0. The molecule has 0 saturated heterocycles. The molecule has 0 aliphatic carbocycles. The van der Waals surface area contributed by atoms with Gasteiger partial charge >= 0.3 is 5.97 Å². The Hall–Kier alpha value is -4.40. The van der Waals surface area contributed by atoms with Crippen LogP contribution in [0.15, 0.2) is 117 Å². The van der Waals surface area contributed by atoms with Gasteiger partial charge in [0.05, 0.1) is 28.5 Å². The first-order valence-electron chi connectivity index (χ1n) is 14.0. The Kier molecular flexibility index (Phi) is 8.31. The fourth-order valence-corrected chi connectivity index (χ4v) is 6.77. The van der Waals surface area contributed by atoms with Gasteiger partial charge in [-0.15, -0.1) is 11.8 Å². The molecule has 1 unspecified atom stereocenters. The molecule has 1 aliphatic heterocycles. The minimum Gasteiger partial charge on any atom is -0.489 e. The minimum atomic E-state index is -0.635. The molecule has 8 heteroatoms. The second-order valence-electron chi connectivity index (χ2n) is 10.1. The Labute approximate surface area is 257 Å². The number of esters is 1. The molecule has 0 spiro atoms. The van der Waals surface area contributed by atoms with E-state index in [0.29, 0.717) is 33.0 Å². The monoisotopic (exact) mass is 606 g/mol. The molecular formula is C35H30N2O4S2. The summed E-state index contributed by atoms with van der Waals surface area (Å²) in [6, 6.07) is 29.4. The van der Waals surface area contributed by atoms with Gasteiger partial charge in [-0.25, -0.2) is 9.79 Å². The lowest BCUT2D eigenvalue weighted by atomic mass is 9.96. The molecule has 0 saturated carbocycles. The fourth-order valence-electron chi connectivity index (χ4n) is 5.32. The summed E-state index contributed by atoms with van der Waals surface area (Å²) in [5, 5.41) is 2.34. The van der Waals surface area contributed by atoms with Gasteiger partial charge < -0.3 is 9.47 Å². The van der Waals surface area contributed by atoms with Crippen molar-refractivity contribution < 1.29 is 14.3 Å². The number of allylic oxidation sites excluding steroid dienone is 1. The molecule has 0 bridgehead atoms. The van der Waals surface area contributed by atoms with E-state index < -0.39 is 12.0 Å². The number of rotatable bonds is 8. The summed E-state index contributed by atoms with van der Waals surface area (Å²) in [6.07, 6.45) is 3.86. The molecule has 6 rings (SSSR count). The number of benzene rings is 4. The normalized spacial score (nSPS) is 14.9. The van der Waals surface area contributed by atoms with Crippen molar-refractivity contribution in [2.24, 2.45) is 4.99 Å². The highest BCUT2D eigenvalue weighted by Crippen LogP contribution is 2.31. The largest absolute Gasteiger partial charge is 0.489 e. The van der Waals surface area contributed by atoms with E-state index in [4.69, 9.17) is 9.47 Å². The van der Waals surface area contributed by atoms with Gasteiger partial charge in [0.2, 0.25) is 0 Å². The fraction of sp³-hybridized carbons (Fsp3) is 0.171. The summed E-state index contributed by atoms with van der Waals surface area (Å²) < 4.78 is 13.7. The molecule has 0 amide bonds. The Morgan fingerprint density at radius 3 is 2.58 bits per heavy atom. The predicted octanol–water partition coefficient (Wildman–Crippen LogP) is 6.25. The van der Waals surface area contributed by atoms with Crippen molar-refractivity contribution in [2.45, 2.75) is 31.4 Å². The zero-order valence-corrected chi connectivity index (χ0v) is 25.7. The summed E-state index contributed by atoms with van der Waals surface area (Å²) in [5.41, 5.74) is 3.49. The Bertz CT molecular complexity index is 2040. The van der Waals surface area contributed by atoms with Crippen molar-refractivity contribution in [3.05, 3.63) is 139 Å². The Balaban J connectivity index is 1.36. The Morgan fingerprint density at radius 1 is 1.02 bits per heavy atom. The standard InChI is InChI=1S/C35H30N2O4S2/c1-4-40-34(39)31-22(2)36-35-37(32(31)25-15-17-28(42-3)18-16-25)33(38)30(43-35)20-23-9-7-13-27(19-23)41-21-26-12-8-11-24-10-5-6-14-29(24)26/h5-20,32H,4,21H2,1-3H3. The number of nitrogens with zero attached hydrogens (tertiary/aromatic N) is 2. The molecule has 1 aliphatic rings. The van der Waals surface area contributed by atoms with Crippen LogP contribution >= 0.6 is 23.1 Å². The van der Waals surface area contributed by atoms with Gasteiger partial charge in [0.1, 0.15) is 12.4 Å². The predicted molar refractivity (Wildman–Crippen MR) is 173 cm³/mol. The van der Waals surface area contributed by atoms with E-state index in [1.165, 1.54) is 16.7 Å². The van der Waals surface area contributed by atoms with E-state index in [9.17, 15) is 9.59 Å². The average molecular weight is 607 g/mol. The van der Waals surface area contributed by atoms with Crippen LogP contribution in [0.1, 0.15) is 36.6 Å². The van der Waals surface area contributed by atoms with Crippen LogP contribution in [-0.2, 0) is 16.1 Å². The van der Waals surface area contributed by atoms with Crippen molar-refractivity contribution >= 4 is 45.9 Å². The summed E-state index contributed by atoms with van der Waals surface area (Å²) in [4.78, 5) is 33.4. The molecule has 4 aromatic carbocycles. The molecule has 1 atom stereocenters. The second-order valence-corrected chi connectivity index (χ2v) is 12.0. The number of hydrogen-bond donors (Lipinski definition) is 0. The van der Waals surface area contributed by atoms with E-state index in [1.54, 1.807) is 30.2 Å². The molecule has 5 aromatic rings. The van der Waals surface area contributed by atoms with E-state index in [-0.39, 0.29) is 12.2 Å². The molecule has 0 fully saturated rings. The van der Waals surface area contributed by atoms with Crippen molar-refractivity contribution in [1.29, 1.82) is 0 Å². The molecule has 0 N–H and O–H groups in total. The number of ether oxygens (including phenoxy) is 2. The molecule has 216 valence electrons. The van der Waals surface area contributed by atoms with Crippen molar-refractivity contribution in [2.75, 3.05) is 12.9 Å². The quantitative estimate of drug-likeness (QED) is 0.154. The number of fused-ring (bicyclic) bond motifs is 2. The van der Waals surface area contributed by atoms with Crippen LogP contribution in [0.3, 0.4) is 0 Å². The maximum atomic E-state index is 13.9. The second kappa shape index (κ2) is 12.5. The number of carbonyl (C=O) groups is 1. The third kappa shape index (κ3) is 5.81. The summed E-state index contributed by atoms with van der Waals surface area (Å²) in [7, 11) is 0. The molecule has 43 heavy (non-hydrogen) atoms. The SMILES string of the molecule is CCOC(=O)C1=C(C)N=c2sc(=Cc3cccc(OCc4cccc5ccccc45)c3)c(=O)n2C1c1ccc(SC)cc1. The van der Waals surface area contributed by atoms with Crippen molar-refractivity contribution in [1.82, 2.24) is 4.57 Å². The maximum Gasteiger partial charge on any atom is 0.338 e. The van der Waals surface area contributed by atoms with E-state index in [2.05, 4.69) is 29.3 Å². The highest BCUT2D eigenvalue weighted by Gasteiger charge is 2.33. The number of aromatic nitrogens is 1. The van der Waals surface area contributed by atoms with Crippen LogP contribution < -0.4 is 19.6 Å². The van der Waals surface area contributed by atoms with Gasteiger partial charge in [-0.2, -0.15) is 0 Å². The summed E-state index contributed by atoms with van der Waals surface area (Å²) in [6.45, 7) is 4.23. The lowest BCUT2D eigenvalue weighted by molar-refractivity contribution is -0.139. The number of thiazole rings is 1. The maximum absolute atomic E-state index is 13.9. The van der Waals surface area contributed by atoms with Gasteiger partial charge in [0.15, 0.2) is 4.80 Å². The van der Waals surface area contributed by atoms with E-state index in [0.717, 1.165) is 27.0 Å². The highest BCUT2D eigenvalue weighted by atomic mass is 32.2. The van der Waals surface area contributed by atoms with Crippen LogP contribution in [0.5, 0.6) is 5.75 Å². The minimum absolute atomic E-state index is 0.209. The van der Waals surface area contributed by atoms with Gasteiger partial charge in [0.25, 0.3) is 5.56 Å². The topological polar surface area (TPSA) is 69.9 Å². The Morgan fingerprint density at radius 2 is 1.79 bits per heavy atom. The lowest BCUT2D eigenvalue weighted by Gasteiger charge is -2.24. The van der Waals surface area contributed by atoms with Crippen molar-refractivity contribution in [3.8, 4) is 5.75 Å². The number of hydrogen-bond acceptors (Lipinski definition) is 7. The van der Waals surface area contributed by atoms with Crippen LogP contribution in [-0.4, -0.2) is 23.4 Å². The molecule has 6 nitrogen and oxygen atoms in total. The van der Waals surface area contributed by atoms with Gasteiger partial charge in [-0.05, 0) is 77.9 Å². The number of carbonyl (C=O) groups excluding carboxylic acids is 1. The van der Waals surface area contributed by atoms with Crippen molar-refractivity contribution in [3.63, 3.8) is 0 Å². The highest BCUT2D eigenvalue weighted by molar-refractivity contribution is 7.98. The van der Waals surface area contributed by atoms with Crippen LogP contribution in [0.25, 0.3) is 16.8 Å². The smallest absolute Gasteiger partial charge is 0.338 e. The lowest BCUT2D eigenvalue weighted by Crippen LogP contribution is -2.39. The molecule has 1 aromatic heterocycles. The summed E-state index contributed by atoms with van der Waals surface area (Å²) >= 11 is 2.94. The molecule has 2 heterocycles. The van der Waals surface area contributed by atoms with Gasteiger partial charge in [-0.1, -0.05) is 78.1 Å². The van der Waals surface area contributed by atoms with E-state index >= 15 is 0 Å². The molecule has 0 radical (unpaired) electrons.